The lowest BCUT2D eigenvalue weighted by atomic mass is 10.1. The highest BCUT2D eigenvalue weighted by Crippen LogP contribution is 2.28. The summed E-state index contributed by atoms with van der Waals surface area (Å²) in [5.41, 5.74) is -0.984. The quantitative estimate of drug-likeness (QED) is 0.522. The first-order valence-corrected chi connectivity index (χ1v) is 5.33. The third-order valence-electron chi connectivity index (χ3n) is 2.39. The summed E-state index contributed by atoms with van der Waals surface area (Å²) in [4.78, 5) is 11.4. The van der Waals surface area contributed by atoms with Crippen LogP contribution in [0.15, 0.2) is 17.9 Å². The van der Waals surface area contributed by atoms with Crippen LogP contribution in [0.1, 0.15) is 11.1 Å². The predicted molar refractivity (Wildman–Crippen MR) is 62.1 cm³/mol. The second-order valence-electron chi connectivity index (χ2n) is 3.57. The molecule has 0 radical (unpaired) electrons. The fraction of sp³-hybridized carbons (Fsp3) is 0.308. The summed E-state index contributed by atoms with van der Waals surface area (Å²) >= 11 is 0. The lowest BCUT2D eigenvalue weighted by Gasteiger charge is -2.10. The van der Waals surface area contributed by atoms with Crippen molar-refractivity contribution < 1.29 is 32.5 Å². The lowest BCUT2D eigenvalue weighted by molar-refractivity contribution is -0.139. The van der Waals surface area contributed by atoms with Crippen LogP contribution in [0.4, 0.5) is 13.2 Å². The second kappa shape index (κ2) is 6.30. The van der Waals surface area contributed by atoms with Gasteiger partial charge in [0.2, 0.25) is 5.76 Å². The molecule has 0 aliphatic rings. The Kier molecular flexibility index (Phi) is 5.00. The number of aliphatic hydroxyl groups excluding tert-OH is 1. The van der Waals surface area contributed by atoms with E-state index in [1.165, 1.54) is 7.11 Å². The molecular weight excluding hydrogens is 277 g/mol. The highest BCUT2D eigenvalue weighted by Gasteiger charge is 2.30. The van der Waals surface area contributed by atoms with Crippen LogP contribution in [0.2, 0.25) is 0 Å². The minimum Gasteiger partial charge on any atom is -0.490 e. The average Bonchev–Trinajstić information content (AvgIpc) is 2.43. The summed E-state index contributed by atoms with van der Waals surface area (Å²) in [7, 11) is 2.29. The Hall–Kier alpha value is -2.20. The monoisotopic (exact) mass is 288 g/mol. The molecule has 0 bridgehead atoms. The smallest absolute Gasteiger partial charge is 0.424 e. The summed E-state index contributed by atoms with van der Waals surface area (Å²) < 4.78 is 46.4. The van der Waals surface area contributed by atoms with Gasteiger partial charge >= 0.3 is 12.1 Å². The van der Waals surface area contributed by atoms with E-state index in [0.29, 0.717) is 0 Å². The molecule has 0 amide bonds. The standard InChI is InChI=1S/C13H11F3O4/c1-19-11(12(18)20-2)10(7-17)8-3-5-9(6-4-8)13(14,15)16/h3,5,17H,7H2,1-2H3/b11-10+. The topological polar surface area (TPSA) is 55.8 Å². The Morgan fingerprint density at radius 2 is 1.90 bits per heavy atom. The van der Waals surface area contributed by atoms with Crippen molar-refractivity contribution in [3.8, 4) is 0 Å². The number of rotatable bonds is 4. The van der Waals surface area contributed by atoms with Crippen LogP contribution in [-0.4, -0.2) is 31.9 Å². The van der Waals surface area contributed by atoms with Gasteiger partial charge in [0.1, 0.15) is 5.56 Å². The molecule has 108 valence electrons. The van der Waals surface area contributed by atoms with E-state index in [1.807, 2.05) is 6.07 Å². The number of esters is 1. The van der Waals surface area contributed by atoms with Gasteiger partial charge in [-0.25, -0.2) is 4.79 Å². The van der Waals surface area contributed by atoms with Crippen LogP contribution in [0.5, 0.6) is 0 Å². The molecule has 20 heavy (non-hydrogen) atoms. The van der Waals surface area contributed by atoms with Crippen LogP contribution in [0.25, 0.3) is 5.57 Å². The molecule has 0 saturated carbocycles. The molecule has 0 aliphatic carbocycles. The van der Waals surface area contributed by atoms with Crippen LogP contribution >= 0.6 is 0 Å². The number of methoxy groups -OCH3 is 2. The minimum atomic E-state index is -4.54. The zero-order valence-corrected chi connectivity index (χ0v) is 10.7. The van der Waals surface area contributed by atoms with E-state index in [9.17, 15) is 23.1 Å². The second-order valence-corrected chi connectivity index (χ2v) is 3.57. The van der Waals surface area contributed by atoms with Gasteiger partial charge < -0.3 is 14.6 Å². The molecule has 4 nitrogen and oxygen atoms in total. The molecule has 0 spiro atoms. The van der Waals surface area contributed by atoms with Crippen molar-refractivity contribution in [3.63, 3.8) is 0 Å². The van der Waals surface area contributed by atoms with E-state index >= 15 is 0 Å². The maximum absolute atomic E-state index is 12.4. The van der Waals surface area contributed by atoms with Crippen molar-refractivity contribution in [2.45, 2.75) is 6.18 Å². The highest BCUT2D eigenvalue weighted by molar-refractivity contribution is 5.95. The first kappa shape index (κ1) is 15.9. The number of hydrogen-bond acceptors (Lipinski definition) is 4. The molecule has 7 heteroatoms. The van der Waals surface area contributed by atoms with Gasteiger partial charge in [-0.2, -0.15) is 13.2 Å². The van der Waals surface area contributed by atoms with Crippen LogP contribution in [0.3, 0.4) is 0 Å². The largest absolute Gasteiger partial charge is 0.490 e. The molecule has 0 atom stereocenters. The Balaban J connectivity index is 3.25. The summed E-state index contributed by atoms with van der Waals surface area (Å²) in [5.74, 6) is -1.16. The Morgan fingerprint density at radius 3 is 2.25 bits per heavy atom. The molecule has 1 aromatic carbocycles. The first-order chi connectivity index (χ1) is 9.35. The van der Waals surface area contributed by atoms with E-state index in [-0.39, 0.29) is 16.9 Å². The van der Waals surface area contributed by atoms with Crippen LogP contribution in [0, 0.1) is 12.1 Å². The van der Waals surface area contributed by atoms with Crippen LogP contribution in [-0.2, 0) is 20.4 Å². The molecule has 1 rings (SSSR count). The average molecular weight is 288 g/mol. The van der Waals surface area contributed by atoms with Gasteiger partial charge in [0.25, 0.3) is 0 Å². The van der Waals surface area contributed by atoms with Gasteiger partial charge in [0.05, 0.1) is 20.8 Å². The van der Waals surface area contributed by atoms with Gasteiger partial charge in [-0.15, -0.1) is 0 Å². The summed E-state index contributed by atoms with van der Waals surface area (Å²) in [6, 6.07) is 5.99. The third kappa shape index (κ3) is 3.42. The van der Waals surface area contributed by atoms with Crippen molar-refractivity contribution >= 4 is 11.5 Å². The Labute approximate surface area is 113 Å². The summed E-state index contributed by atoms with van der Waals surface area (Å²) in [6.07, 6.45) is -4.54. The van der Waals surface area contributed by atoms with Crippen molar-refractivity contribution in [1.82, 2.24) is 0 Å². The molecule has 0 unspecified atom stereocenters. The van der Waals surface area contributed by atoms with E-state index < -0.39 is 24.3 Å². The van der Waals surface area contributed by atoms with Crippen molar-refractivity contribution in [2.75, 3.05) is 20.8 Å². The maximum Gasteiger partial charge on any atom is 0.424 e. The predicted octanol–water partition coefficient (Wildman–Crippen LogP) is 1.83. The number of carbonyl (C=O) groups is 1. The number of carbonyl (C=O) groups excluding carboxylic acids is 1. The molecule has 0 heterocycles. The van der Waals surface area contributed by atoms with Crippen molar-refractivity contribution in [1.29, 1.82) is 0 Å². The summed E-state index contributed by atoms with van der Waals surface area (Å²) in [6.45, 7) is -0.631. The van der Waals surface area contributed by atoms with Gasteiger partial charge in [0.15, 0.2) is 0 Å². The van der Waals surface area contributed by atoms with Gasteiger partial charge in [-0.1, -0.05) is 12.1 Å². The van der Waals surface area contributed by atoms with Gasteiger partial charge in [0, 0.05) is 11.1 Å². The first-order valence-electron chi connectivity index (χ1n) is 5.33. The van der Waals surface area contributed by atoms with Crippen molar-refractivity contribution in [3.05, 3.63) is 41.2 Å². The zero-order chi connectivity index (χ0) is 15.3. The zero-order valence-electron chi connectivity index (χ0n) is 10.7. The number of hydrogen-bond donors (Lipinski definition) is 1. The third-order valence-corrected chi connectivity index (χ3v) is 2.39. The fourth-order valence-electron chi connectivity index (χ4n) is 1.43. The van der Waals surface area contributed by atoms with Gasteiger partial charge in [-0.05, 0) is 12.1 Å². The number of alkyl halides is 3. The Bertz CT molecular complexity index is 503. The van der Waals surface area contributed by atoms with E-state index in [4.69, 9.17) is 4.74 Å². The van der Waals surface area contributed by atoms with Crippen LogP contribution < -0.4 is 0 Å². The molecule has 0 fully saturated rings. The van der Waals surface area contributed by atoms with Gasteiger partial charge in [-0.3, -0.25) is 0 Å². The molecule has 0 saturated heterocycles. The molecule has 1 aromatic rings. The number of ether oxygens (including phenoxy) is 2. The normalized spacial score (nSPS) is 12.3. The summed E-state index contributed by atoms with van der Waals surface area (Å²) in [5, 5.41) is 9.25. The highest BCUT2D eigenvalue weighted by atomic mass is 19.4. The van der Waals surface area contributed by atoms with E-state index in [2.05, 4.69) is 10.8 Å². The number of aliphatic hydroxyl groups is 1. The molecular formula is C13H11F3O4. The van der Waals surface area contributed by atoms with E-state index in [0.717, 1.165) is 19.2 Å². The minimum absolute atomic E-state index is 0.0377. The number of halogens is 3. The van der Waals surface area contributed by atoms with Crippen molar-refractivity contribution in [2.24, 2.45) is 0 Å². The molecule has 1 N–H and O–H groups in total. The SMILES string of the molecule is COC(=O)/C(OC)=C(/CO)c1c#cc(C(F)(F)F)cc1. The molecule has 0 aliphatic heterocycles. The molecule has 0 aromatic heterocycles. The fourth-order valence-corrected chi connectivity index (χ4v) is 1.43. The lowest BCUT2D eigenvalue weighted by Crippen LogP contribution is -2.11. The maximum atomic E-state index is 12.4. The Morgan fingerprint density at radius 1 is 1.25 bits per heavy atom. The van der Waals surface area contributed by atoms with E-state index in [1.54, 1.807) is 0 Å².